The predicted molar refractivity (Wildman–Crippen MR) is 78.2 cm³/mol. The summed E-state index contributed by atoms with van der Waals surface area (Å²) < 4.78 is 0. The molecule has 0 fully saturated rings. The Morgan fingerprint density at radius 1 is 1.26 bits per heavy atom. The van der Waals surface area contributed by atoms with E-state index in [0.29, 0.717) is 12.0 Å². The summed E-state index contributed by atoms with van der Waals surface area (Å²) in [4.78, 5) is 10.4. The van der Waals surface area contributed by atoms with Crippen molar-refractivity contribution in [3.8, 4) is 0 Å². The molecule has 0 saturated heterocycles. The molecular weight excluding hydrogens is 240 g/mol. The molecular formula is C15H24N2O2. The predicted octanol–water partition coefficient (Wildman–Crippen LogP) is 4.07. The molecule has 0 bridgehead atoms. The van der Waals surface area contributed by atoms with Crippen LogP contribution < -0.4 is 5.32 Å². The van der Waals surface area contributed by atoms with Crippen molar-refractivity contribution in [3.63, 3.8) is 0 Å². The van der Waals surface area contributed by atoms with Crippen molar-refractivity contribution in [3.05, 3.63) is 39.9 Å². The van der Waals surface area contributed by atoms with E-state index in [2.05, 4.69) is 33.0 Å². The molecule has 0 radical (unpaired) electrons. The zero-order valence-electron chi connectivity index (χ0n) is 12.2. The summed E-state index contributed by atoms with van der Waals surface area (Å²) >= 11 is 0. The van der Waals surface area contributed by atoms with E-state index in [1.807, 2.05) is 6.07 Å². The van der Waals surface area contributed by atoms with Crippen molar-refractivity contribution in [1.82, 2.24) is 5.32 Å². The first-order valence-electron chi connectivity index (χ1n) is 6.99. The molecule has 1 aromatic carbocycles. The SMILES string of the molecule is CCC(CC)C(C)NC(C)c1cccc([N+](=O)[O-])c1. The van der Waals surface area contributed by atoms with Gasteiger partial charge in [-0.15, -0.1) is 0 Å². The Kier molecular flexibility index (Phi) is 5.96. The lowest BCUT2D eigenvalue weighted by atomic mass is 9.94. The Hall–Kier alpha value is -1.42. The first-order chi connectivity index (χ1) is 8.99. The fourth-order valence-corrected chi connectivity index (χ4v) is 2.53. The van der Waals surface area contributed by atoms with Crippen LogP contribution in [0.2, 0.25) is 0 Å². The van der Waals surface area contributed by atoms with Crippen LogP contribution >= 0.6 is 0 Å². The Balaban J connectivity index is 2.75. The van der Waals surface area contributed by atoms with Crippen molar-refractivity contribution >= 4 is 5.69 Å². The quantitative estimate of drug-likeness (QED) is 0.596. The zero-order valence-corrected chi connectivity index (χ0v) is 12.2. The fourth-order valence-electron chi connectivity index (χ4n) is 2.53. The third-order valence-electron chi connectivity index (χ3n) is 3.85. The molecule has 4 nitrogen and oxygen atoms in total. The second-order valence-electron chi connectivity index (χ2n) is 5.11. The van der Waals surface area contributed by atoms with Gasteiger partial charge in [-0.25, -0.2) is 0 Å². The molecule has 106 valence electrons. The highest BCUT2D eigenvalue weighted by Gasteiger charge is 2.17. The molecule has 0 aliphatic carbocycles. The molecule has 0 heterocycles. The number of nitrogens with one attached hydrogen (secondary N) is 1. The van der Waals surface area contributed by atoms with Gasteiger partial charge in [0.05, 0.1) is 4.92 Å². The van der Waals surface area contributed by atoms with Crippen LogP contribution in [0.4, 0.5) is 5.69 Å². The molecule has 0 saturated carbocycles. The average molecular weight is 264 g/mol. The molecule has 19 heavy (non-hydrogen) atoms. The minimum Gasteiger partial charge on any atom is -0.307 e. The van der Waals surface area contributed by atoms with E-state index in [1.54, 1.807) is 12.1 Å². The number of rotatable bonds is 7. The summed E-state index contributed by atoms with van der Waals surface area (Å²) in [7, 11) is 0. The third kappa shape index (κ3) is 4.31. The van der Waals surface area contributed by atoms with Gasteiger partial charge in [0.25, 0.3) is 5.69 Å². The molecule has 1 rings (SSSR count). The van der Waals surface area contributed by atoms with Gasteiger partial charge < -0.3 is 5.32 Å². The second-order valence-corrected chi connectivity index (χ2v) is 5.11. The molecule has 0 aliphatic rings. The van der Waals surface area contributed by atoms with Crippen molar-refractivity contribution in [2.75, 3.05) is 0 Å². The summed E-state index contributed by atoms with van der Waals surface area (Å²) in [5.74, 6) is 0.640. The lowest BCUT2D eigenvalue weighted by Crippen LogP contribution is -2.35. The monoisotopic (exact) mass is 264 g/mol. The van der Waals surface area contributed by atoms with E-state index < -0.39 is 0 Å². The van der Waals surface area contributed by atoms with Crippen molar-refractivity contribution in [2.24, 2.45) is 5.92 Å². The van der Waals surface area contributed by atoms with Crippen LogP contribution in [0.25, 0.3) is 0 Å². The first-order valence-corrected chi connectivity index (χ1v) is 6.99. The van der Waals surface area contributed by atoms with E-state index >= 15 is 0 Å². The summed E-state index contributed by atoms with van der Waals surface area (Å²) in [6.45, 7) is 8.64. The molecule has 2 unspecified atom stereocenters. The van der Waals surface area contributed by atoms with E-state index in [1.165, 1.54) is 6.07 Å². The Labute approximate surface area is 115 Å². The van der Waals surface area contributed by atoms with E-state index in [0.717, 1.165) is 18.4 Å². The molecule has 0 amide bonds. The number of non-ortho nitro benzene ring substituents is 1. The summed E-state index contributed by atoms with van der Waals surface area (Å²) in [5.41, 5.74) is 1.12. The molecule has 0 aliphatic heterocycles. The molecule has 1 aromatic rings. The topological polar surface area (TPSA) is 55.2 Å². The lowest BCUT2D eigenvalue weighted by molar-refractivity contribution is -0.384. The van der Waals surface area contributed by atoms with Gasteiger partial charge in [0, 0.05) is 24.2 Å². The van der Waals surface area contributed by atoms with Gasteiger partial charge in [-0.2, -0.15) is 0 Å². The van der Waals surface area contributed by atoms with Gasteiger partial charge in [-0.3, -0.25) is 10.1 Å². The Morgan fingerprint density at radius 3 is 2.42 bits per heavy atom. The fraction of sp³-hybridized carbons (Fsp3) is 0.600. The van der Waals surface area contributed by atoms with Crippen LogP contribution in [-0.2, 0) is 0 Å². The third-order valence-corrected chi connectivity index (χ3v) is 3.85. The molecule has 2 atom stereocenters. The van der Waals surface area contributed by atoms with Crippen LogP contribution in [0.3, 0.4) is 0 Å². The highest BCUT2D eigenvalue weighted by atomic mass is 16.6. The zero-order chi connectivity index (χ0) is 14.4. The number of benzene rings is 1. The maximum absolute atomic E-state index is 10.8. The summed E-state index contributed by atoms with van der Waals surface area (Å²) in [5, 5.41) is 14.3. The smallest absolute Gasteiger partial charge is 0.269 e. The van der Waals surface area contributed by atoms with Gasteiger partial charge >= 0.3 is 0 Å². The Morgan fingerprint density at radius 2 is 1.89 bits per heavy atom. The largest absolute Gasteiger partial charge is 0.307 e. The van der Waals surface area contributed by atoms with Crippen molar-refractivity contribution in [2.45, 2.75) is 52.6 Å². The summed E-state index contributed by atoms with van der Waals surface area (Å²) in [6.07, 6.45) is 2.29. The first kappa shape index (κ1) is 15.6. The number of nitrogens with zero attached hydrogens (tertiary/aromatic N) is 1. The minimum absolute atomic E-state index is 0.121. The number of nitro benzene ring substituents is 1. The average Bonchev–Trinajstić information content (AvgIpc) is 2.40. The maximum Gasteiger partial charge on any atom is 0.269 e. The van der Waals surface area contributed by atoms with Crippen LogP contribution in [0.1, 0.15) is 52.1 Å². The lowest BCUT2D eigenvalue weighted by Gasteiger charge is -2.26. The highest BCUT2D eigenvalue weighted by Crippen LogP contribution is 2.21. The van der Waals surface area contributed by atoms with Crippen LogP contribution in [-0.4, -0.2) is 11.0 Å². The Bertz CT molecular complexity index is 416. The second kappa shape index (κ2) is 7.24. The van der Waals surface area contributed by atoms with Gasteiger partial charge in [0.2, 0.25) is 0 Å². The standard InChI is InChI=1S/C15H24N2O2/c1-5-13(6-2)11(3)16-12(4)14-8-7-9-15(10-14)17(18)19/h7-13,16H,5-6H2,1-4H3. The molecule has 4 heteroatoms. The van der Waals surface area contributed by atoms with Crippen molar-refractivity contribution in [1.29, 1.82) is 0 Å². The van der Waals surface area contributed by atoms with Crippen LogP contribution in [0, 0.1) is 16.0 Å². The molecule has 0 spiro atoms. The highest BCUT2D eigenvalue weighted by molar-refractivity contribution is 5.35. The van der Waals surface area contributed by atoms with Crippen LogP contribution in [0.15, 0.2) is 24.3 Å². The number of nitro groups is 1. The molecule has 0 aromatic heterocycles. The van der Waals surface area contributed by atoms with Gasteiger partial charge in [0.1, 0.15) is 0 Å². The van der Waals surface area contributed by atoms with Gasteiger partial charge in [-0.05, 0) is 25.3 Å². The van der Waals surface area contributed by atoms with E-state index in [4.69, 9.17) is 0 Å². The number of hydrogen-bond acceptors (Lipinski definition) is 3. The van der Waals surface area contributed by atoms with Crippen LogP contribution in [0.5, 0.6) is 0 Å². The summed E-state index contributed by atoms with van der Waals surface area (Å²) in [6, 6.07) is 7.38. The van der Waals surface area contributed by atoms with E-state index in [-0.39, 0.29) is 16.7 Å². The van der Waals surface area contributed by atoms with Gasteiger partial charge in [-0.1, -0.05) is 38.8 Å². The maximum atomic E-state index is 10.8. The normalized spacial score (nSPS) is 14.4. The van der Waals surface area contributed by atoms with E-state index in [9.17, 15) is 10.1 Å². The minimum atomic E-state index is -0.347. The molecule has 1 N–H and O–H groups in total. The van der Waals surface area contributed by atoms with Gasteiger partial charge in [0.15, 0.2) is 0 Å². The van der Waals surface area contributed by atoms with Crippen molar-refractivity contribution < 1.29 is 4.92 Å². The number of hydrogen-bond donors (Lipinski definition) is 1.